The average Bonchev–Trinajstić information content (AvgIpc) is 3.39. The van der Waals surface area contributed by atoms with Crippen LogP contribution in [0.1, 0.15) is 62.1 Å². The summed E-state index contributed by atoms with van der Waals surface area (Å²) in [4.78, 5) is 40.6. The van der Waals surface area contributed by atoms with Crippen LogP contribution in [0, 0.1) is 19.3 Å². The zero-order chi connectivity index (χ0) is 51.4. The molecular formula is C55H57Cl2N6O10+. The number of aliphatic imine (C=N–C) groups is 1. The van der Waals surface area contributed by atoms with Gasteiger partial charge >= 0.3 is 11.9 Å². The lowest BCUT2D eigenvalue weighted by Gasteiger charge is -2.33. The third-order valence-corrected chi connectivity index (χ3v) is 13.3. The van der Waals surface area contributed by atoms with Gasteiger partial charge in [0.1, 0.15) is 55.5 Å². The number of ether oxygens (including phenoxy) is 6. The normalized spacial score (nSPS) is 16.3. The number of carbonyl (C=O) groups is 2. The zero-order valence-electron chi connectivity index (χ0n) is 40.7. The summed E-state index contributed by atoms with van der Waals surface area (Å²) in [7, 11) is 1.70. The Hall–Kier alpha value is -6.92. The second kappa shape index (κ2) is 24.7. The molecule has 0 bridgehead atoms. The quantitative estimate of drug-likeness (QED) is 0.0514. The summed E-state index contributed by atoms with van der Waals surface area (Å²) >= 11 is 13.9. The predicted octanol–water partition coefficient (Wildman–Crippen LogP) is 8.51. The number of hydrogen-bond acceptors (Lipinski definition) is 14. The zero-order valence-corrected chi connectivity index (χ0v) is 42.2. The lowest BCUT2D eigenvalue weighted by molar-refractivity contribution is -0.173. The maximum atomic E-state index is 12.2. The third-order valence-electron chi connectivity index (χ3n) is 12.7. The van der Waals surface area contributed by atoms with Crippen molar-refractivity contribution in [2.45, 2.75) is 72.1 Å². The van der Waals surface area contributed by atoms with E-state index >= 15 is 0 Å². The summed E-state index contributed by atoms with van der Waals surface area (Å²) in [5, 5.41) is 26.1. The van der Waals surface area contributed by atoms with Crippen LogP contribution in [0.25, 0.3) is 11.1 Å². The Morgan fingerprint density at radius 1 is 0.740 bits per heavy atom. The van der Waals surface area contributed by atoms with Gasteiger partial charge in [0.2, 0.25) is 0 Å². The molecular weight excluding hydrogens is 976 g/mol. The molecule has 73 heavy (non-hydrogen) atoms. The number of hydrogen-bond donors (Lipinski definition) is 2. The first-order valence-corrected chi connectivity index (χ1v) is 24.4. The summed E-state index contributed by atoms with van der Waals surface area (Å²) in [6.07, 6.45) is 9.37. The second-order valence-electron chi connectivity index (χ2n) is 17.7. The highest BCUT2D eigenvalue weighted by molar-refractivity contribution is 6.32. The molecule has 0 radical (unpaired) electrons. The highest BCUT2D eigenvalue weighted by Crippen LogP contribution is 2.38. The molecule has 18 heteroatoms. The largest absolute Gasteiger partial charge is 0.562 e. The molecule has 2 aromatic heterocycles. The van der Waals surface area contributed by atoms with Gasteiger partial charge in [-0.25, -0.2) is 0 Å². The number of halogens is 2. The number of nitrogens with zero attached hydrogens (tertiary/aromatic N) is 5. The first-order chi connectivity index (χ1) is 35.4. The first-order valence-electron chi connectivity index (χ1n) is 23.7. The van der Waals surface area contributed by atoms with E-state index in [4.69, 9.17) is 62.1 Å². The van der Waals surface area contributed by atoms with Gasteiger partial charge in [-0.3, -0.25) is 29.6 Å². The SMILES string of the molecule is CN=Cc1cncc(COc2cc(OCc3cccc(-c4cccc(COc5cc(OCc6cncc(C=N)c6)c(CN6CCOC[C@@H]6C(=O)O)cc5Cl)c4C)c3C)c(Cl)cc2CN2CCCO[C@@H]2C(=O)[OH2+])c1. The van der Waals surface area contributed by atoms with Crippen molar-refractivity contribution in [1.29, 1.82) is 5.41 Å². The number of aliphatic carboxylic acids is 1. The molecule has 2 aliphatic heterocycles. The maximum Gasteiger partial charge on any atom is 0.560 e. The Balaban J connectivity index is 1.01. The van der Waals surface area contributed by atoms with Gasteiger partial charge in [0.25, 0.3) is 6.23 Å². The van der Waals surface area contributed by atoms with Crippen molar-refractivity contribution in [1.82, 2.24) is 19.8 Å². The second-order valence-corrected chi connectivity index (χ2v) is 18.5. The minimum Gasteiger partial charge on any atom is -0.562 e. The molecule has 2 aliphatic rings. The van der Waals surface area contributed by atoms with Crippen LogP contribution in [-0.2, 0) is 58.6 Å². The van der Waals surface area contributed by atoms with Crippen LogP contribution in [-0.4, -0.2) is 107 Å². The number of nitrogens with one attached hydrogen (secondary N) is 1. The Morgan fingerprint density at radius 2 is 1.29 bits per heavy atom. The summed E-state index contributed by atoms with van der Waals surface area (Å²) in [6, 6.07) is 22.1. The van der Waals surface area contributed by atoms with Crippen LogP contribution in [0.3, 0.4) is 0 Å². The van der Waals surface area contributed by atoms with Gasteiger partial charge in [-0.15, -0.1) is 0 Å². The van der Waals surface area contributed by atoms with Crippen LogP contribution in [0.4, 0.5) is 0 Å². The van der Waals surface area contributed by atoms with Crippen LogP contribution in [0.5, 0.6) is 23.0 Å². The van der Waals surface area contributed by atoms with Crippen molar-refractivity contribution >= 4 is 47.6 Å². The molecule has 2 fully saturated rings. The molecule has 6 aromatic rings. The molecule has 0 amide bonds. The van der Waals surface area contributed by atoms with E-state index in [0.717, 1.165) is 50.1 Å². The van der Waals surface area contributed by atoms with Crippen molar-refractivity contribution in [2.75, 3.05) is 40.0 Å². The average molecular weight is 1030 g/mol. The third kappa shape index (κ3) is 13.2. The lowest BCUT2D eigenvalue weighted by atomic mass is 9.92. The van der Waals surface area contributed by atoms with Gasteiger partial charge in [0, 0.05) is 121 Å². The number of pyridine rings is 2. The Bertz CT molecular complexity index is 2990. The molecule has 4 aromatic carbocycles. The molecule has 0 aliphatic carbocycles. The maximum absolute atomic E-state index is 12.2. The van der Waals surface area contributed by atoms with Crippen LogP contribution in [0.2, 0.25) is 10.0 Å². The number of morpholine rings is 1. The number of carbonyl (C=O) groups excluding carboxylic acids is 1. The molecule has 4 N–H and O–H groups in total. The van der Waals surface area contributed by atoms with Crippen molar-refractivity contribution in [3.05, 3.63) is 163 Å². The van der Waals surface area contributed by atoms with Crippen molar-refractivity contribution in [3.8, 4) is 34.1 Å². The molecule has 380 valence electrons. The van der Waals surface area contributed by atoms with Gasteiger partial charge in [-0.2, -0.15) is 0 Å². The van der Waals surface area contributed by atoms with Crippen LogP contribution in [0.15, 0.2) is 103 Å². The molecule has 16 nitrogen and oxygen atoms in total. The monoisotopic (exact) mass is 1030 g/mol. The van der Waals surface area contributed by atoms with Crippen LogP contribution >= 0.6 is 23.2 Å². The topological polar surface area (TPSA) is 201 Å². The molecule has 4 heterocycles. The molecule has 8 rings (SSSR count). The van der Waals surface area contributed by atoms with E-state index in [2.05, 4.69) is 40.9 Å². The Labute approximate surface area is 433 Å². The predicted molar refractivity (Wildman–Crippen MR) is 278 cm³/mol. The highest BCUT2D eigenvalue weighted by atomic mass is 35.5. The smallest absolute Gasteiger partial charge is 0.560 e. The van der Waals surface area contributed by atoms with Crippen molar-refractivity contribution < 1.29 is 48.2 Å². The number of rotatable bonds is 21. The fraction of sp³-hybridized carbons (Fsp3) is 0.309. The van der Waals surface area contributed by atoms with E-state index in [1.54, 1.807) is 62.3 Å². The fourth-order valence-electron chi connectivity index (χ4n) is 8.84. The standard InChI is InChI=1S/C55H56Cl2N6O10/c1-34-40(31-72-51-19-49(70-29-38-15-36(21-58)23-60-25-38)42(17-46(51)56)27-62-12-14-68-33-48(62)54(64)65)7-4-9-44(34)45-10-5-8-41(35(45)2)32-73-52-20-50(71-30-39-16-37(22-59-3)24-61-26-39)43(18-47(52)57)28-63-11-6-13-69-53(63)55(66)67/h4-5,7-10,15-26,48,53,58H,6,11-14,27-33H2,1-3H3,(H,64,65)(H,66,67)/p+1/t48-,53-/m1/s1. The van der Waals surface area contributed by atoms with Gasteiger partial charge in [-0.1, -0.05) is 59.6 Å². The van der Waals surface area contributed by atoms with Crippen molar-refractivity contribution in [2.24, 2.45) is 4.99 Å². The van der Waals surface area contributed by atoms with Crippen molar-refractivity contribution in [3.63, 3.8) is 0 Å². The van der Waals surface area contributed by atoms with Gasteiger partial charge in [0.05, 0.1) is 29.9 Å². The number of benzene rings is 4. The summed E-state index contributed by atoms with van der Waals surface area (Å²) in [6.45, 7) is 7.20. The Morgan fingerprint density at radius 3 is 1.84 bits per heavy atom. The summed E-state index contributed by atoms with van der Waals surface area (Å²) < 4.78 is 36.9. The lowest BCUT2D eigenvalue weighted by Crippen LogP contribution is -2.49. The molecule has 2 atom stereocenters. The molecule has 0 unspecified atom stereocenters. The van der Waals surface area contributed by atoms with Gasteiger partial charge < -0.3 is 44.0 Å². The summed E-state index contributed by atoms with van der Waals surface area (Å²) in [5.74, 6) is -0.00712. The molecule has 2 saturated heterocycles. The first kappa shape index (κ1) is 52.4. The molecule has 0 spiro atoms. The Kier molecular flexibility index (Phi) is 17.7. The highest BCUT2D eigenvalue weighted by Gasteiger charge is 2.36. The van der Waals surface area contributed by atoms with E-state index in [0.29, 0.717) is 82.5 Å². The van der Waals surface area contributed by atoms with Crippen LogP contribution < -0.4 is 18.9 Å². The van der Waals surface area contributed by atoms with E-state index in [1.165, 1.54) is 6.21 Å². The number of carboxylic acid groups (broad SMARTS) is 1. The number of aromatic nitrogens is 2. The van der Waals surface area contributed by atoms with E-state index in [-0.39, 0.29) is 46.1 Å². The number of carboxylic acids is 1. The van der Waals surface area contributed by atoms with E-state index in [1.807, 2.05) is 46.2 Å². The fourth-order valence-corrected chi connectivity index (χ4v) is 9.32. The van der Waals surface area contributed by atoms with Gasteiger partial charge in [0.15, 0.2) is 0 Å². The molecule has 0 saturated carbocycles. The van der Waals surface area contributed by atoms with E-state index < -0.39 is 24.2 Å². The van der Waals surface area contributed by atoms with Gasteiger partial charge in [-0.05, 0) is 77.9 Å². The minimum absolute atomic E-state index is 0.0712. The minimum atomic E-state index is -0.987. The van der Waals surface area contributed by atoms with E-state index in [9.17, 15) is 14.7 Å². The summed E-state index contributed by atoms with van der Waals surface area (Å²) in [5.41, 5.74) is 10.4.